The quantitative estimate of drug-likeness (QED) is 0.315. The van der Waals surface area contributed by atoms with Gasteiger partial charge in [-0.05, 0) is 0 Å². The van der Waals surface area contributed by atoms with Crippen LogP contribution in [0.15, 0.2) is 11.2 Å². The van der Waals surface area contributed by atoms with Crippen LogP contribution in [0.4, 0.5) is 26.3 Å². The van der Waals surface area contributed by atoms with Gasteiger partial charge in [0, 0.05) is 38.9 Å². The third-order valence-corrected chi connectivity index (χ3v) is 2.54. The summed E-state index contributed by atoms with van der Waals surface area (Å²) in [7, 11) is 2.64. The average Bonchev–Trinajstić information content (AvgIpc) is 2.73. The standard InChI is InChI=1S/C11H15F6N5.HI/c1-18-9(19-4-3-10(12,13)14)20-5-7-6-22(2)21-8(7)11(15,16)17;/h6H,3-5H2,1-2H3,(H2,18,19,20);1H. The molecule has 0 aliphatic heterocycles. The van der Waals surface area contributed by atoms with Crippen molar-refractivity contribution in [2.24, 2.45) is 12.0 Å². The molecule has 0 spiro atoms. The lowest BCUT2D eigenvalue weighted by Gasteiger charge is -2.13. The summed E-state index contributed by atoms with van der Waals surface area (Å²) in [5.74, 6) is -0.0266. The highest BCUT2D eigenvalue weighted by molar-refractivity contribution is 14.0. The summed E-state index contributed by atoms with van der Waals surface area (Å²) in [4.78, 5) is 3.64. The van der Waals surface area contributed by atoms with Crippen LogP contribution in [0, 0.1) is 0 Å². The smallest absolute Gasteiger partial charge is 0.356 e. The van der Waals surface area contributed by atoms with Gasteiger partial charge in [-0.15, -0.1) is 24.0 Å². The van der Waals surface area contributed by atoms with Crippen LogP contribution in [0.5, 0.6) is 0 Å². The SMILES string of the molecule is CN=C(NCCC(F)(F)F)NCc1cn(C)nc1C(F)(F)F.I. The topological polar surface area (TPSA) is 54.2 Å². The van der Waals surface area contributed by atoms with Gasteiger partial charge in [0.25, 0.3) is 0 Å². The molecule has 0 saturated heterocycles. The van der Waals surface area contributed by atoms with Crippen LogP contribution in [0.25, 0.3) is 0 Å². The Kier molecular flexibility index (Phi) is 8.14. The zero-order chi connectivity index (χ0) is 17.0. The lowest BCUT2D eigenvalue weighted by atomic mass is 10.2. The maximum absolute atomic E-state index is 12.7. The van der Waals surface area contributed by atoms with Crippen molar-refractivity contribution >= 4 is 29.9 Å². The number of aromatic nitrogens is 2. The monoisotopic (exact) mass is 459 g/mol. The Morgan fingerprint density at radius 3 is 2.30 bits per heavy atom. The van der Waals surface area contributed by atoms with Crippen molar-refractivity contribution in [3.8, 4) is 0 Å². The van der Waals surface area contributed by atoms with Gasteiger partial charge in [-0.1, -0.05) is 0 Å². The van der Waals surface area contributed by atoms with Crippen LogP contribution >= 0.6 is 24.0 Å². The molecule has 0 aliphatic rings. The summed E-state index contributed by atoms with van der Waals surface area (Å²) in [5, 5.41) is 8.21. The minimum Gasteiger partial charge on any atom is -0.356 e. The molecule has 1 aromatic rings. The summed E-state index contributed by atoms with van der Waals surface area (Å²) in [6.45, 7) is -0.698. The first-order valence-corrected chi connectivity index (χ1v) is 6.14. The summed E-state index contributed by atoms with van der Waals surface area (Å²) in [5.41, 5.74) is -1.18. The van der Waals surface area contributed by atoms with Gasteiger partial charge < -0.3 is 10.6 Å². The van der Waals surface area contributed by atoms with Crippen molar-refractivity contribution in [2.45, 2.75) is 25.3 Å². The molecule has 0 aliphatic carbocycles. The van der Waals surface area contributed by atoms with Crippen LogP contribution in [-0.4, -0.2) is 35.5 Å². The van der Waals surface area contributed by atoms with Crippen molar-refractivity contribution in [3.05, 3.63) is 17.5 Å². The second-order valence-corrected chi connectivity index (χ2v) is 4.39. The van der Waals surface area contributed by atoms with Gasteiger partial charge in [0.15, 0.2) is 11.7 Å². The van der Waals surface area contributed by atoms with E-state index in [-0.39, 0.29) is 42.0 Å². The third-order valence-electron chi connectivity index (χ3n) is 2.54. The Morgan fingerprint density at radius 1 is 1.22 bits per heavy atom. The number of aryl methyl sites for hydroxylation is 1. The average molecular weight is 459 g/mol. The van der Waals surface area contributed by atoms with Crippen LogP contribution in [0.1, 0.15) is 17.7 Å². The molecular formula is C11H16F6IN5. The van der Waals surface area contributed by atoms with E-state index >= 15 is 0 Å². The molecule has 0 aromatic carbocycles. The van der Waals surface area contributed by atoms with Crippen LogP contribution in [0.3, 0.4) is 0 Å². The van der Waals surface area contributed by atoms with Gasteiger partial charge in [-0.2, -0.15) is 31.4 Å². The molecule has 12 heteroatoms. The molecule has 0 saturated carbocycles. The number of halogens is 7. The highest BCUT2D eigenvalue weighted by Crippen LogP contribution is 2.30. The predicted molar refractivity (Wildman–Crippen MR) is 82.5 cm³/mol. The zero-order valence-electron chi connectivity index (χ0n) is 12.2. The zero-order valence-corrected chi connectivity index (χ0v) is 14.5. The van der Waals surface area contributed by atoms with E-state index in [4.69, 9.17) is 0 Å². The fraction of sp³-hybridized carbons (Fsp3) is 0.636. The van der Waals surface area contributed by atoms with Crippen molar-refractivity contribution < 1.29 is 26.3 Å². The second kappa shape index (κ2) is 8.59. The summed E-state index contributed by atoms with van der Waals surface area (Å²) in [6, 6.07) is 0. The van der Waals surface area contributed by atoms with Crippen LogP contribution < -0.4 is 10.6 Å². The molecule has 0 radical (unpaired) electrons. The molecule has 1 heterocycles. The van der Waals surface area contributed by atoms with E-state index in [9.17, 15) is 26.3 Å². The number of hydrogen-bond acceptors (Lipinski definition) is 2. The molecule has 2 N–H and O–H groups in total. The molecule has 23 heavy (non-hydrogen) atoms. The first-order valence-electron chi connectivity index (χ1n) is 6.14. The molecule has 1 rings (SSSR count). The Morgan fingerprint density at radius 2 is 1.83 bits per heavy atom. The fourth-order valence-electron chi connectivity index (χ4n) is 1.63. The lowest BCUT2D eigenvalue weighted by molar-refractivity contribution is -0.142. The van der Waals surface area contributed by atoms with E-state index < -0.39 is 31.0 Å². The summed E-state index contributed by atoms with van der Waals surface area (Å²) >= 11 is 0. The minimum atomic E-state index is -4.61. The molecule has 0 amide bonds. The van der Waals surface area contributed by atoms with Gasteiger partial charge in [-0.25, -0.2) is 0 Å². The van der Waals surface area contributed by atoms with Gasteiger partial charge in [0.2, 0.25) is 0 Å². The Hall–Kier alpha value is -1.21. The van der Waals surface area contributed by atoms with Gasteiger partial charge in [0.1, 0.15) is 0 Å². The van der Waals surface area contributed by atoms with Crippen molar-refractivity contribution in [1.29, 1.82) is 0 Å². The van der Waals surface area contributed by atoms with Crippen molar-refractivity contribution in [1.82, 2.24) is 20.4 Å². The molecule has 0 unspecified atom stereocenters. The number of alkyl halides is 6. The highest BCUT2D eigenvalue weighted by atomic mass is 127. The number of guanidine groups is 1. The van der Waals surface area contributed by atoms with Crippen molar-refractivity contribution in [2.75, 3.05) is 13.6 Å². The molecule has 5 nitrogen and oxygen atoms in total. The summed E-state index contributed by atoms with van der Waals surface area (Å²) < 4.78 is 75.2. The van der Waals surface area contributed by atoms with Crippen molar-refractivity contribution in [3.63, 3.8) is 0 Å². The third kappa shape index (κ3) is 7.74. The van der Waals surface area contributed by atoms with E-state index in [1.54, 1.807) is 0 Å². The van der Waals surface area contributed by atoms with E-state index in [2.05, 4.69) is 20.7 Å². The van der Waals surface area contributed by atoms with Gasteiger partial charge in [0.05, 0.1) is 6.42 Å². The Bertz CT molecular complexity index is 522. The van der Waals surface area contributed by atoms with E-state index in [0.717, 1.165) is 4.68 Å². The Balaban J connectivity index is 0.00000484. The predicted octanol–water partition coefficient (Wildman–Crippen LogP) is 2.67. The van der Waals surface area contributed by atoms with Crippen LogP contribution in [0.2, 0.25) is 0 Å². The van der Waals surface area contributed by atoms with Gasteiger partial charge >= 0.3 is 12.4 Å². The first-order chi connectivity index (χ1) is 10.0. The molecule has 0 atom stereocenters. The largest absolute Gasteiger partial charge is 0.435 e. The lowest BCUT2D eigenvalue weighted by Crippen LogP contribution is -2.38. The Labute approximate surface area is 145 Å². The molecule has 134 valence electrons. The van der Waals surface area contributed by atoms with Crippen LogP contribution in [-0.2, 0) is 19.8 Å². The fourth-order valence-corrected chi connectivity index (χ4v) is 1.63. The summed E-state index contributed by atoms with van der Waals surface area (Å²) in [6.07, 6.45) is -8.82. The number of aliphatic imine (C=N–C) groups is 1. The second-order valence-electron chi connectivity index (χ2n) is 4.39. The van der Waals surface area contributed by atoms with E-state index in [1.807, 2.05) is 0 Å². The number of rotatable bonds is 4. The van der Waals surface area contributed by atoms with E-state index in [1.165, 1.54) is 20.3 Å². The minimum absolute atomic E-state index is 0. The normalized spacial score (nSPS) is 12.8. The molecule has 0 fully saturated rings. The van der Waals surface area contributed by atoms with Gasteiger partial charge in [-0.3, -0.25) is 9.67 Å². The highest BCUT2D eigenvalue weighted by Gasteiger charge is 2.36. The maximum Gasteiger partial charge on any atom is 0.435 e. The molecule has 0 bridgehead atoms. The number of nitrogens with zero attached hydrogens (tertiary/aromatic N) is 3. The molecular weight excluding hydrogens is 443 g/mol. The molecule has 1 aromatic heterocycles. The maximum atomic E-state index is 12.7. The first kappa shape index (κ1) is 21.8. The number of nitrogens with one attached hydrogen (secondary N) is 2. The van der Waals surface area contributed by atoms with E-state index in [0.29, 0.717) is 0 Å². The number of hydrogen-bond donors (Lipinski definition) is 2.